The quantitative estimate of drug-likeness (QED) is 0.0268. The summed E-state index contributed by atoms with van der Waals surface area (Å²) in [5.41, 5.74) is 3.24. The minimum atomic E-state index is -1.02. The summed E-state index contributed by atoms with van der Waals surface area (Å²) in [5, 5.41) is 20.6. The fraction of sp³-hybridized carbons (Fsp3) is 0.170. The Kier molecular flexibility index (Phi) is 14.2. The van der Waals surface area contributed by atoms with Crippen LogP contribution in [0.1, 0.15) is 50.2 Å². The number of carbonyl (C=O) groups excluding carboxylic acids is 2. The van der Waals surface area contributed by atoms with Crippen molar-refractivity contribution >= 4 is 29.2 Å². The van der Waals surface area contributed by atoms with E-state index in [1.807, 2.05) is 78.9 Å². The smallest absolute Gasteiger partial charge is 0.343 e. The Labute approximate surface area is 342 Å². The van der Waals surface area contributed by atoms with Crippen LogP contribution in [0.5, 0.6) is 23.0 Å². The standard InChI is InChI=1S/C47H43N3O9/c1-55-39-23-17-36(18-24-39)47(35-12-7-4-8-13-35,37-19-25-40(56-2)26-20-37)58-31-29-48-45(53)33-15-21-38(22-16-33)49-50-42-28-27-41(32-43(42)57-30-9-14-44(51)52)59-46(54)34-10-5-3-6-11-34/h3-8,10-13,15-28,32H,9,14,29-31H2,1-2H3,(H,48,53)(H,51,52)/b50-49+. The van der Waals surface area contributed by atoms with Gasteiger partial charge in [0.25, 0.3) is 5.91 Å². The molecule has 0 aliphatic heterocycles. The molecule has 0 saturated heterocycles. The van der Waals surface area contributed by atoms with Crippen LogP contribution >= 0.6 is 0 Å². The average molecular weight is 794 g/mol. The zero-order valence-electron chi connectivity index (χ0n) is 32.6. The number of hydrogen-bond donors (Lipinski definition) is 2. The lowest BCUT2D eigenvalue weighted by atomic mass is 9.80. The van der Waals surface area contributed by atoms with Crippen molar-refractivity contribution in [3.8, 4) is 23.0 Å². The van der Waals surface area contributed by atoms with Crippen LogP contribution in [0.25, 0.3) is 0 Å². The highest BCUT2D eigenvalue weighted by atomic mass is 16.5. The summed E-state index contributed by atoms with van der Waals surface area (Å²) in [6, 6.07) is 45.2. The van der Waals surface area contributed by atoms with Gasteiger partial charge in [-0.1, -0.05) is 72.8 Å². The molecule has 0 unspecified atom stereocenters. The van der Waals surface area contributed by atoms with Gasteiger partial charge in [-0.15, -0.1) is 5.11 Å². The van der Waals surface area contributed by atoms with Crippen LogP contribution in [0.4, 0.5) is 11.4 Å². The normalized spacial score (nSPS) is 11.2. The fourth-order valence-corrected chi connectivity index (χ4v) is 6.24. The Balaban J connectivity index is 1.13. The summed E-state index contributed by atoms with van der Waals surface area (Å²) in [5.74, 6) is 0.122. The van der Waals surface area contributed by atoms with Crippen LogP contribution in [-0.4, -0.2) is 56.9 Å². The molecule has 0 radical (unpaired) electrons. The third kappa shape index (κ3) is 10.8. The maximum atomic E-state index is 13.3. The van der Waals surface area contributed by atoms with Crippen LogP contribution in [0, 0.1) is 0 Å². The number of carboxylic acid groups (broad SMARTS) is 1. The van der Waals surface area contributed by atoms with E-state index in [1.54, 1.807) is 80.9 Å². The number of azo groups is 1. The number of carbonyl (C=O) groups is 3. The number of methoxy groups -OCH3 is 2. The van der Waals surface area contributed by atoms with Gasteiger partial charge in [-0.25, -0.2) is 4.79 Å². The van der Waals surface area contributed by atoms with Crippen molar-refractivity contribution < 1.29 is 43.2 Å². The van der Waals surface area contributed by atoms with Gasteiger partial charge in [-0.2, -0.15) is 5.11 Å². The third-order valence-electron chi connectivity index (χ3n) is 9.23. The van der Waals surface area contributed by atoms with Crippen LogP contribution in [-0.2, 0) is 15.1 Å². The monoisotopic (exact) mass is 793 g/mol. The van der Waals surface area contributed by atoms with Crippen LogP contribution in [0.15, 0.2) is 162 Å². The SMILES string of the molecule is COc1ccc(C(OCCNC(=O)c2ccc(/N=N/c3ccc(OC(=O)c4ccccc4)cc3OCCCC(=O)O)cc2)(c2ccccc2)c2ccc(OC)cc2)cc1. The molecule has 0 bridgehead atoms. The van der Waals surface area contributed by atoms with Crippen molar-refractivity contribution in [3.63, 3.8) is 0 Å². The molecule has 1 amide bonds. The first-order valence-electron chi connectivity index (χ1n) is 18.8. The molecule has 0 heterocycles. The third-order valence-corrected chi connectivity index (χ3v) is 9.23. The van der Waals surface area contributed by atoms with E-state index in [9.17, 15) is 14.4 Å². The molecule has 0 spiro atoms. The molecule has 2 N–H and O–H groups in total. The number of hydrogen-bond acceptors (Lipinski definition) is 10. The summed E-state index contributed by atoms with van der Waals surface area (Å²) < 4.78 is 29.1. The van der Waals surface area contributed by atoms with Gasteiger partial charge in [0.05, 0.1) is 38.7 Å². The van der Waals surface area contributed by atoms with E-state index in [2.05, 4.69) is 15.5 Å². The Hall–Kier alpha value is -7.31. The highest BCUT2D eigenvalue weighted by Crippen LogP contribution is 2.41. The zero-order valence-corrected chi connectivity index (χ0v) is 32.6. The Morgan fingerprint density at radius 3 is 1.80 bits per heavy atom. The number of rotatable bonds is 19. The molecule has 6 aromatic rings. The second-order valence-corrected chi connectivity index (χ2v) is 13.1. The summed E-state index contributed by atoms with van der Waals surface area (Å²) in [7, 11) is 3.24. The maximum absolute atomic E-state index is 13.3. The van der Waals surface area contributed by atoms with Crippen molar-refractivity contribution in [2.75, 3.05) is 34.0 Å². The molecule has 6 rings (SSSR count). The topological polar surface area (TPSA) is 154 Å². The second-order valence-electron chi connectivity index (χ2n) is 13.1. The average Bonchev–Trinajstić information content (AvgIpc) is 3.28. The van der Waals surface area contributed by atoms with E-state index in [4.69, 9.17) is 28.8 Å². The largest absolute Gasteiger partial charge is 0.497 e. The summed E-state index contributed by atoms with van der Waals surface area (Å²) in [6.45, 7) is 0.485. The van der Waals surface area contributed by atoms with Gasteiger partial charge in [0.1, 0.15) is 28.5 Å². The van der Waals surface area contributed by atoms with Gasteiger partial charge >= 0.3 is 11.9 Å². The first-order valence-corrected chi connectivity index (χ1v) is 18.8. The van der Waals surface area contributed by atoms with E-state index < -0.39 is 17.5 Å². The number of nitrogens with one attached hydrogen (secondary N) is 1. The minimum absolute atomic E-state index is 0.0751. The summed E-state index contributed by atoms with van der Waals surface area (Å²) in [6.07, 6.45) is 0.184. The predicted molar refractivity (Wildman–Crippen MR) is 221 cm³/mol. The number of esters is 1. The summed E-state index contributed by atoms with van der Waals surface area (Å²) in [4.78, 5) is 36.9. The predicted octanol–water partition coefficient (Wildman–Crippen LogP) is 9.32. The molecule has 6 aromatic carbocycles. The highest BCUT2D eigenvalue weighted by Gasteiger charge is 2.37. The fourth-order valence-electron chi connectivity index (χ4n) is 6.24. The number of ether oxygens (including phenoxy) is 5. The number of amides is 1. The zero-order chi connectivity index (χ0) is 41.5. The maximum Gasteiger partial charge on any atom is 0.343 e. The number of benzene rings is 6. The van der Waals surface area contributed by atoms with Crippen molar-refractivity contribution in [1.82, 2.24) is 5.32 Å². The first-order chi connectivity index (χ1) is 28.8. The van der Waals surface area contributed by atoms with Crippen LogP contribution in [0.3, 0.4) is 0 Å². The van der Waals surface area contributed by atoms with E-state index in [0.717, 1.165) is 16.7 Å². The Morgan fingerprint density at radius 1 is 0.627 bits per heavy atom. The highest BCUT2D eigenvalue weighted by molar-refractivity contribution is 5.94. The number of aliphatic carboxylic acids is 1. The molecule has 300 valence electrons. The molecule has 59 heavy (non-hydrogen) atoms. The molecule has 0 atom stereocenters. The van der Waals surface area contributed by atoms with Gasteiger partial charge in [0, 0.05) is 24.6 Å². The van der Waals surface area contributed by atoms with Crippen LogP contribution in [0.2, 0.25) is 0 Å². The van der Waals surface area contributed by atoms with Crippen molar-refractivity contribution in [1.29, 1.82) is 0 Å². The van der Waals surface area contributed by atoms with E-state index in [1.165, 1.54) is 6.07 Å². The molecular formula is C47H43N3O9. The Bertz CT molecular complexity index is 2290. The van der Waals surface area contributed by atoms with Crippen molar-refractivity contribution in [2.45, 2.75) is 18.4 Å². The molecule has 12 nitrogen and oxygen atoms in total. The lowest BCUT2D eigenvalue weighted by molar-refractivity contribution is -0.137. The van der Waals surface area contributed by atoms with E-state index in [-0.39, 0.29) is 50.0 Å². The minimum Gasteiger partial charge on any atom is -0.497 e. The van der Waals surface area contributed by atoms with E-state index in [0.29, 0.717) is 34.0 Å². The molecule has 0 aliphatic carbocycles. The van der Waals surface area contributed by atoms with Gasteiger partial charge in [-0.05, 0) is 95.9 Å². The molecule has 0 saturated carbocycles. The molecule has 0 aliphatic rings. The summed E-state index contributed by atoms with van der Waals surface area (Å²) >= 11 is 0. The molecule has 0 fully saturated rings. The lowest BCUT2D eigenvalue weighted by Crippen LogP contribution is -2.36. The molecule has 12 heteroatoms. The van der Waals surface area contributed by atoms with Gasteiger partial charge in [-0.3, -0.25) is 9.59 Å². The first kappa shape index (κ1) is 41.3. The number of nitrogens with zero attached hydrogens (tertiary/aromatic N) is 2. The van der Waals surface area contributed by atoms with Gasteiger partial charge in [0.2, 0.25) is 0 Å². The Morgan fingerprint density at radius 2 is 1.20 bits per heavy atom. The molecular weight excluding hydrogens is 751 g/mol. The van der Waals surface area contributed by atoms with Crippen molar-refractivity contribution in [3.05, 3.63) is 179 Å². The number of carboxylic acids is 1. The van der Waals surface area contributed by atoms with Gasteiger partial charge < -0.3 is 34.1 Å². The van der Waals surface area contributed by atoms with Gasteiger partial charge in [0.15, 0.2) is 5.75 Å². The van der Waals surface area contributed by atoms with Crippen LogP contribution < -0.4 is 24.3 Å². The van der Waals surface area contributed by atoms with Crippen molar-refractivity contribution in [2.24, 2.45) is 10.2 Å². The van der Waals surface area contributed by atoms with E-state index >= 15 is 0 Å². The second kappa shape index (κ2) is 20.2. The lowest BCUT2D eigenvalue weighted by Gasteiger charge is -2.36. The molecule has 0 aromatic heterocycles.